The number of hydrogen-bond acceptors (Lipinski definition) is 23. The van der Waals surface area contributed by atoms with Gasteiger partial charge >= 0.3 is 0 Å². The van der Waals surface area contributed by atoms with E-state index in [-0.39, 0.29) is 48.3 Å². The second-order valence-electron chi connectivity index (χ2n) is 20.8. The first kappa shape index (κ1) is 84.1. The maximum atomic E-state index is 12.8. The van der Waals surface area contributed by atoms with E-state index in [0.717, 1.165) is 44.9 Å². The van der Waals surface area contributed by atoms with Crippen LogP contribution in [-0.4, -0.2) is 257 Å². The molecule has 0 unspecified atom stereocenters. The fourth-order valence-corrected chi connectivity index (χ4v) is 7.93. The van der Waals surface area contributed by atoms with Crippen molar-refractivity contribution in [1.82, 2.24) is 31.9 Å². The van der Waals surface area contributed by atoms with E-state index < -0.39 is 24.2 Å². The average molecular weight is 1270 g/mol. The molecule has 29 heteroatoms. The van der Waals surface area contributed by atoms with Crippen LogP contribution < -0.4 is 66.3 Å². The van der Waals surface area contributed by atoms with Crippen molar-refractivity contribution in [3.63, 3.8) is 0 Å². The molecule has 0 heterocycles. The third kappa shape index (κ3) is 57.3. The molecule has 6 amide bonds. The lowest BCUT2D eigenvalue weighted by Gasteiger charge is -2.21. The molecule has 29 nitrogen and oxygen atoms in total. The van der Waals surface area contributed by atoms with Crippen LogP contribution in [0.25, 0.3) is 0 Å². The lowest BCUT2D eigenvalue weighted by molar-refractivity contribution is -0.129. The Morgan fingerprint density at radius 3 is 0.795 bits per heavy atom. The van der Waals surface area contributed by atoms with Crippen molar-refractivity contribution >= 4 is 35.4 Å². The molecule has 0 aliphatic heterocycles. The molecule has 0 aromatic heterocycles. The van der Waals surface area contributed by atoms with Crippen LogP contribution in [0.5, 0.6) is 0 Å². The van der Waals surface area contributed by atoms with Gasteiger partial charge in [-0.3, -0.25) is 28.8 Å². The van der Waals surface area contributed by atoms with Crippen molar-refractivity contribution in [1.29, 1.82) is 0 Å². The van der Waals surface area contributed by atoms with Crippen molar-refractivity contribution in [2.24, 2.45) is 34.4 Å². The quantitative estimate of drug-likeness (QED) is 0.0309. The molecule has 0 bridgehead atoms. The van der Waals surface area contributed by atoms with Gasteiger partial charge in [0.1, 0.15) is 12.1 Å². The van der Waals surface area contributed by atoms with Gasteiger partial charge in [-0.2, -0.15) is 0 Å². The third-order valence-electron chi connectivity index (χ3n) is 13.0. The van der Waals surface area contributed by atoms with E-state index >= 15 is 0 Å². The number of hydrogen-bond donors (Lipinski definition) is 12. The fourth-order valence-electron chi connectivity index (χ4n) is 7.93. The zero-order chi connectivity index (χ0) is 64.4. The Kier molecular flexibility index (Phi) is 63.2. The first-order valence-corrected chi connectivity index (χ1v) is 32.4. The van der Waals surface area contributed by atoms with Gasteiger partial charge in [-0.15, -0.1) is 0 Å². The number of carbonyl (C=O) groups is 6. The number of carbonyl (C=O) groups excluding carboxylic acids is 6. The van der Waals surface area contributed by atoms with Gasteiger partial charge in [0.25, 0.3) is 0 Å². The van der Waals surface area contributed by atoms with Gasteiger partial charge in [-0.1, -0.05) is 19.3 Å². The van der Waals surface area contributed by atoms with Crippen LogP contribution in [0.4, 0.5) is 0 Å². The van der Waals surface area contributed by atoms with Crippen molar-refractivity contribution in [2.45, 2.75) is 146 Å². The minimum atomic E-state index is -0.683. The predicted molar refractivity (Wildman–Crippen MR) is 335 cm³/mol. The molecule has 0 aliphatic rings. The minimum absolute atomic E-state index is 0.0951. The van der Waals surface area contributed by atoms with E-state index in [1.807, 2.05) is 0 Å². The Labute approximate surface area is 524 Å². The Morgan fingerprint density at radius 2 is 0.500 bits per heavy atom. The SMILES string of the molecule is NCCCCC[C@H](N)C(=O)N[C@@H](CCCCN)C(=O)NCCCOCCOCCOCCCNC(=O)CCOCCOCCOCCOCCOCCC(=O)NCCCOCCOCCOCCCNC(=O)[C@H](CCCCN)NC(=O)[C@@H](N)CCCCN. The van der Waals surface area contributed by atoms with Crippen LogP contribution in [0.2, 0.25) is 0 Å². The Balaban J connectivity index is 3.54. The number of nitrogens with two attached hydrogens (primary N) is 6. The monoisotopic (exact) mass is 1270 g/mol. The second-order valence-corrected chi connectivity index (χ2v) is 20.8. The summed E-state index contributed by atoms with van der Waals surface area (Å²) in [5.41, 5.74) is 34.3. The molecule has 0 spiro atoms. The smallest absolute Gasteiger partial charge is 0.242 e. The van der Waals surface area contributed by atoms with Crippen molar-refractivity contribution in [2.75, 3.05) is 198 Å². The molecule has 4 atom stereocenters. The zero-order valence-electron chi connectivity index (χ0n) is 53.4. The van der Waals surface area contributed by atoms with Crippen LogP contribution in [0.1, 0.15) is 122 Å². The molecule has 88 heavy (non-hydrogen) atoms. The van der Waals surface area contributed by atoms with Crippen LogP contribution in [0.3, 0.4) is 0 Å². The Bertz CT molecular complexity index is 1640. The highest BCUT2D eigenvalue weighted by molar-refractivity contribution is 5.90. The Hall–Kier alpha value is -3.86. The van der Waals surface area contributed by atoms with Crippen LogP contribution in [-0.2, 0) is 80.9 Å². The van der Waals surface area contributed by atoms with Gasteiger partial charge in [-0.05, 0) is 116 Å². The lowest BCUT2D eigenvalue weighted by Crippen LogP contribution is -2.51. The highest BCUT2D eigenvalue weighted by Crippen LogP contribution is 2.07. The van der Waals surface area contributed by atoms with E-state index in [1.165, 1.54) is 0 Å². The summed E-state index contributed by atoms with van der Waals surface area (Å²) in [6.07, 6.45) is 12.2. The molecular weight excluding hydrogens is 1150 g/mol. The number of nitrogens with one attached hydrogen (secondary N) is 6. The number of amides is 6. The summed E-state index contributed by atoms with van der Waals surface area (Å²) >= 11 is 0. The second kappa shape index (κ2) is 66.1. The summed E-state index contributed by atoms with van der Waals surface area (Å²) in [6, 6.07) is -2.68. The van der Waals surface area contributed by atoms with Gasteiger partial charge in [0.2, 0.25) is 35.4 Å². The zero-order valence-corrected chi connectivity index (χ0v) is 53.4. The van der Waals surface area contributed by atoms with Gasteiger partial charge in [0.15, 0.2) is 0 Å². The summed E-state index contributed by atoms with van der Waals surface area (Å²) in [5, 5.41) is 17.1. The summed E-state index contributed by atoms with van der Waals surface area (Å²) in [4.78, 5) is 74.9. The molecular formula is C59H120N12O17. The average Bonchev–Trinajstić information content (AvgIpc) is 3.67. The van der Waals surface area contributed by atoms with Crippen LogP contribution in [0, 0.1) is 0 Å². The van der Waals surface area contributed by atoms with Crippen molar-refractivity contribution < 1.29 is 80.9 Å². The summed E-state index contributed by atoms with van der Waals surface area (Å²) in [5.74, 6) is -1.35. The molecule has 518 valence electrons. The minimum Gasteiger partial charge on any atom is -0.379 e. The van der Waals surface area contributed by atoms with E-state index in [4.69, 9.17) is 86.5 Å². The number of rotatable bonds is 69. The molecule has 0 aliphatic carbocycles. The van der Waals surface area contributed by atoms with Crippen molar-refractivity contribution in [3.8, 4) is 0 Å². The molecule has 0 aromatic carbocycles. The Morgan fingerprint density at radius 1 is 0.261 bits per heavy atom. The van der Waals surface area contributed by atoms with Gasteiger partial charge in [-0.25, -0.2) is 0 Å². The summed E-state index contributed by atoms with van der Waals surface area (Å²) < 4.78 is 60.9. The fraction of sp³-hybridized carbons (Fsp3) is 0.898. The van der Waals surface area contributed by atoms with Gasteiger partial charge in [0, 0.05) is 65.4 Å². The third-order valence-corrected chi connectivity index (χ3v) is 13.0. The van der Waals surface area contributed by atoms with Crippen LogP contribution >= 0.6 is 0 Å². The molecule has 0 rings (SSSR count). The topological polar surface area (TPSA) is 432 Å². The molecule has 0 fully saturated rings. The molecule has 0 saturated heterocycles. The molecule has 0 saturated carbocycles. The largest absolute Gasteiger partial charge is 0.379 e. The number of ether oxygens (including phenoxy) is 11. The number of unbranched alkanes of at least 4 members (excludes halogenated alkanes) is 5. The van der Waals surface area contributed by atoms with Gasteiger partial charge < -0.3 is 118 Å². The lowest BCUT2D eigenvalue weighted by atomic mass is 10.1. The molecule has 0 aromatic rings. The first-order valence-electron chi connectivity index (χ1n) is 32.4. The highest BCUT2D eigenvalue weighted by atomic mass is 16.6. The van der Waals surface area contributed by atoms with E-state index in [0.29, 0.717) is 262 Å². The predicted octanol–water partition coefficient (Wildman–Crippen LogP) is -1.50. The van der Waals surface area contributed by atoms with Crippen LogP contribution in [0.15, 0.2) is 0 Å². The summed E-state index contributed by atoms with van der Waals surface area (Å²) in [6.45, 7) is 12.9. The highest BCUT2D eigenvalue weighted by Gasteiger charge is 2.25. The standard InChI is InChI=1S/C59H120N12O17/c60-20-6-1-2-14-50(64)56(74)70-52(16-4-8-22-62)58(76)68-26-12-30-80-36-42-84-40-34-78-28-10-24-66-54(72)18-32-82-38-44-86-46-48-88-49-47-87-45-39-83-33-19-55(73)67-25-11-29-79-35-41-85-43-37-81-31-13-27-69-59(77)53(17-5-9-23-63)71-57(75)51(65)15-3-7-21-61/h50-53H,1-49,60-65H2,(H,66,72)(H,67,73)(H,68,76)(H,69,77)(H,70,74)(H,71,75)/t50-,51-,52-,53-/m0/s1. The van der Waals surface area contributed by atoms with Crippen molar-refractivity contribution in [3.05, 3.63) is 0 Å². The normalized spacial score (nSPS) is 12.8. The first-order chi connectivity index (χ1) is 43.0. The van der Waals surface area contributed by atoms with Gasteiger partial charge in [0.05, 0.1) is 131 Å². The summed E-state index contributed by atoms with van der Waals surface area (Å²) in [7, 11) is 0. The van der Waals surface area contributed by atoms with E-state index in [9.17, 15) is 28.8 Å². The van der Waals surface area contributed by atoms with E-state index in [1.54, 1.807) is 0 Å². The maximum Gasteiger partial charge on any atom is 0.242 e. The maximum absolute atomic E-state index is 12.8. The molecule has 18 N–H and O–H groups in total. The molecule has 0 radical (unpaired) electrons. The van der Waals surface area contributed by atoms with E-state index in [2.05, 4.69) is 31.9 Å².